The third-order valence-electron chi connectivity index (χ3n) is 4.51. The Kier molecular flexibility index (Phi) is 4.89. The molecular formula is C17H22N2O5. The topological polar surface area (TPSA) is 88.1 Å². The number of benzene rings is 1. The first-order chi connectivity index (χ1) is 11.5. The number of aliphatic carboxylic acids is 1. The van der Waals surface area contributed by atoms with Crippen molar-refractivity contribution in [2.75, 3.05) is 31.6 Å². The monoisotopic (exact) mass is 334 g/mol. The molecule has 24 heavy (non-hydrogen) atoms. The summed E-state index contributed by atoms with van der Waals surface area (Å²) in [5, 5.41) is 11.9. The fourth-order valence-electron chi connectivity index (χ4n) is 2.99. The summed E-state index contributed by atoms with van der Waals surface area (Å²) in [5.74, 6) is -0.0331. The number of hydrogen-bond acceptors (Lipinski definition) is 5. The SMILES string of the molecule is CC(C(=O)Nc1ccc2c(c1)OCCCO2)N1CCC(C(=O)O)C1. The number of amides is 1. The molecule has 2 aliphatic rings. The predicted octanol–water partition coefficient (Wildman–Crippen LogP) is 1.58. The number of carbonyl (C=O) groups excluding carboxylic acids is 1. The Bertz CT molecular complexity index is 633. The molecule has 2 unspecified atom stereocenters. The average molecular weight is 334 g/mol. The second kappa shape index (κ2) is 7.09. The van der Waals surface area contributed by atoms with E-state index in [1.54, 1.807) is 25.1 Å². The highest BCUT2D eigenvalue weighted by Gasteiger charge is 2.33. The molecular weight excluding hydrogens is 312 g/mol. The second-order valence-corrected chi connectivity index (χ2v) is 6.20. The van der Waals surface area contributed by atoms with Gasteiger partial charge >= 0.3 is 5.97 Å². The summed E-state index contributed by atoms with van der Waals surface area (Å²) < 4.78 is 11.2. The van der Waals surface area contributed by atoms with Crippen LogP contribution in [0, 0.1) is 5.92 Å². The van der Waals surface area contributed by atoms with Crippen molar-refractivity contribution in [1.29, 1.82) is 0 Å². The van der Waals surface area contributed by atoms with Crippen LogP contribution in [0.5, 0.6) is 11.5 Å². The lowest BCUT2D eigenvalue weighted by Gasteiger charge is -2.23. The zero-order valence-corrected chi connectivity index (χ0v) is 13.7. The number of hydrogen-bond donors (Lipinski definition) is 2. The van der Waals surface area contributed by atoms with Gasteiger partial charge in [0.15, 0.2) is 11.5 Å². The summed E-state index contributed by atoms with van der Waals surface area (Å²) in [5.41, 5.74) is 0.644. The number of carboxylic acid groups (broad SMARTS) is 1. The highest BCUT2D eigenvalue weighted by Crippen LogP contribution is 2.32. The van der Waals surface area contributed by atoms with E-state index in [0.29, 0.717) is 49.9 Å². The van der Waals surface area contributed by atoms with Crippen LogP contribution >= 0.6 is 0 Å². The second-order valence-electron chi connectivity index (χ2n) is 6.20. The van der Waals surface area contributed by atoms with Crippen LogP contribution in [-0.4, -0.2) is 54.2 Å². The molecule has 0 aromatic heterocycles. The van der Waals surface area contributed by atoms with Gasteiger partial charge in [0.05, 0.1) is 25.2 Å². The van der Waals surface area contributed by atoms with Crippen LogP contribution in [0.2, 0.25) is 0 Å². The number of fused-ring (bicyclic) bond motifs is 1. The number of anilines is 1. The van der Waals surface area contributed by atoms with Crippen molar-refractivity contribution >= 4 is 17.6 Å². The summed E-state index contributed by atoms with van der Waals surface area (Å²) in [6, 6.07) is 4.94. The van der Waals surface area contributed by atoms with E-state index in [-0.39, 0.29) is 11.9 Å². The third kappa shape index (κ3) is 3.62. The van der Waals surface area contributed by atoms with Crippen LogP contribution in [0.3, 0.4) is 0 Å². The Morgan fingerprint density at radius 3 is 2.75 bits per heavy atom. The molecule has 0 spiro atoms. The highest BCUT2D eigenvalue weighted by atomic mass is 16.5. The van der Waals surface area contributed by atoms with Crippen molar-refractivity contribution in [2.45, 2.75) is 25.8 Å². The van der Waals surface area contributed by atoms with Crippen LogP contribution in [0.25, 0.3) is 0 Å². The maximum Gasteiger partial charge on any atom is 0.307 e. The normalized spacial score (nSPS) is 21.8. The number of rotatable bonds is 4. The number of nitrogens with zero attached hydrogens (tertiary/aromatic N) is 1. The molecule has 1 fully saturated rings. The van der Waals surface area contributed by atoms with Gasteiger partial charge in [0.2, 0.25) is 5.91 Å². The molecule has 0 saturated carbocycles. The molecule has 0 aliphatic carbocycles. The van der Waals surface area contributed by atoms with Gasteiger partial charge in [0, 0.05) is 24.7 Å². The smallest absolute Gasteiger partial charge is 0.307 e. The summed E-state index contributed by atoms with van der Waals surface area (Å²) >= 11 is 0. The molecule has 1 aromatic rings. The molecule has 2 N–H and O–H groups in total. The zero-order valence-electron chi connectivity index (χ0n) is 13.7. The van der Waals surface area contributed by atoms with Crippen LogP contribution in [0.4, 0.5) is 5.69 Å². The highest BCUT2D eigenvalue weighted by molar-refractivity contribution is 5.95. The molecule has 2 atom stereocenters. The van der Waals surface area contributed by atoms with Crippen LogP contribution < -0.4 is 14.8 Å². The molecule has 130 valence electrons. The molecule has 0 radical (unpaired) electrons. The maximum absolute atomic E-state index is 12.4. The van der Waals surface area contributed by atoms with Gasteiger partial charge in [-0.25, -0.2) is 0 Å². The van der Waals surface area contributed by atoms with Crippen LogP contribution in [-0.2, 0) is 9.59 Å². The molecule has 3 rings (SSSR count). The van der Waals surface area contributed by atoms with E-state index < -0.39 is 11.9 Å². The van der Waals surface area contributed by atoms with Crippen LogP contribution in [0.15, 0.2) is 18.2 Å². The van der Waals surface area contributed by atoms with E-state index in [1.807, 2.05) is 4.90 Å². The predicted molar refractivity (Wildman–Crippen MR) is 87.5 cm³/mol. The summed E-state index contributed by atoms with van der Waals surface area (Å²) in [7, 11) is 0. The van der Waals surface area contributed by atoms with E-state index in [0.717, 1.165) is 6.42 Å². The van der Waals surface area contributed by atoms with Crippen molar-refractivity contribution in [3.05, 3.63) is 18.2 Å². The summed E-state index contributed by atoms with van der Waals surface area (Å²) in [6.07, 6.45) is 1.41. The Balaban J connectivity index is 1.62. The van der Waals surface area contributed by atoms with Crippen molar-refractivity contribution in [1.82, 2.24) is 4.90 Å². The maximum atomic E-state index is 12.4. The van der Waals surface area contributed by atoms with Gasteiger partial charge in [-0.1, -0.05) is 0 Å². The average Bonchev–Trinajstić information content (AvgIpc) is 2.94. The summed E-state index contributed by atoms with van der Waals surface area (Å²) in [6.45, 7) is 4.03. The van der Waals surface area contributed by atoms with Crippen molar-refractivity contribution < 1.29 is 24.2 Å². The lowest BCUT2D eigenvalue weighted by Crippen LogP contribution is -2.41. The minimum Gasteiger partial charge on any atom is -0.490 e. The van der Waals surface area contributed by atoms with Gasteiger partial charge < -0.3 is 19.9 Å². The molecule has 2 heterocycles. The quantitative estimate of drug-likeness (QED) is 0.869. The number of ether oxygens (including phenoxy) is 2. The number of nitrogens with one attached hydrogen (secondary N) is 1. The number of carbonyl (C=O) groups is 2. The lowest BCUT2D eigenvalue weighted by atomic mass is 10.1. The van der Waals surface area contributed by atoms with Crippen LogP contribution in [0.1, 0.15) is 19.8 Å². The first-order valence-corrected chi connectivity index (χ1v) is 8.22. The summed E-state index contributed by atoms with van der Waals surface area (Å²) in [4.78, 5) is 25.4. The number of likely N-dealkylation sites (tertiary alicyclic amines) is 1. The van der Waals surface area contributed by atoms with E-state index in [1.165, 1.54) is 0 Å². The van der Waals surface area contributed by atoms with Gasteiger partial charge in [-0.3, -0.25) is 14.5 Å². The largest absolute Gasteiger partial charge is 0.490 e. The third-order valence-corrected chi connectivity index (χ3v) is 4.51. The Morgan fingerprint density at radius 2 is 2.04 bits per heavy atom. The minimum atomic E-state index is -0.798. The Morgan fingerprint density at radius 1 is 1.29 bits per heavy atom. The van der Waals surface area contributed by atoms with Crippen molar-refractivity contribution in [3.8, 4) is 11.5 Å². The van der Waals surface area contributed by atoms with Crippen molar-refractivity contribution in [2.24, 2.45) is 5.92 Å². The van der Waals surface area contributed by atoms with E-state index in [2.05, 4.69) is 5.32 Å². The van der Waals surface area contributed by atoms with Gasteiger partial charge in [-0.2, -0.15) is 0 Å². The molecule has 1 amide bonds. The molecule has 7 nitrogen and oxygen atoms in total. The van der Waals surface area contributed by atoms with Gasteiger partial charge in [-0.15, -0.1) is 0 Å². The Hall–Kier alpha value is -2.28. The van der Waals surface area contributed by atoms with Gasteiger partial charge in [0.1, 0.15) is 0 Å². The first kappa shape index (κ1) is 16.6. The fourth-order valence-corrected chi connectivity index (χ4v) is 2.99. The van der Waals surface area contributed by atoms with E-state index >= 15 is 0 Å². The van der Waals surface area contributed by atoms with E-state index in [9.17, 15) is 9.59 Å². The molecule has 0 bridgehead atoms. The molecule has 2 aliphatic heterocycles. The minimum absolute atomic E-state index is 0.157. The van der Waals surface area contributed by atoms with Gasteiger partial charge in [0.25, 0.3) is 0 Å². The fraction of sp³-hybridized carbons (Fsp3) is 0.529. The molecule has 1 aromatic carbocycles. The number of carboxylic acids is 1. The lowest BCUT2D eigenvalue weighted by molar-refractivity contribution is -0.141. The zero-order chi connectivity index (χ0) is 17.1. The molecule has 7 heteroatoms. The van der Waals surface area contributed by atoms with E-state index in [4.69, 9.17) is 14.6 Å². The first-order valence-electron chi connectivity index (χ1n) is 8.22. The molecule has 1 saturated heterocycles. The Labute approximate surface area is 140 Å². The van der Waals surface area contributed by atoms with Gasteiger partial charge in [-0.05, 0) is 32.0 Å². The van der Waals surface area contributed by atoms with Crippen molar-refractivity contribution in [3.63, 3.8) is 0 Å². The standard InChI is InChI=1S/C17H22N2O5/c1-11(19-6-5-12(10-19)17(21)22)16(20)18-13-3-4-14-15(9-13)24-8-2-7-23-14/h3-4,9,11-12H,2,5-8,10H2,1H3,(H,18,20)(H,21,22).